The van der Waals surface area contributed by atoms with Crippen molar-refractivity contribution in [2.24, 2.45) is 0 Å². The highest BCUT2D eigenvalue weighted by molar-refractivity contribution is 7.92. The predicted molar refractivity (Wildman–Crippen MR) is 98.9 cm³/mol. The fourth-order valence-electron chi connectivity index (χ4n) is 2.55. The lowest BCUT2D eigenvalue weighted by Crippen LogP contribution is -2.13. The monoisotopic (exact) mass is 408 g/mol. The third kappa shape index (κ3) is 2.92. The second kappa shape index (κ2) is 6.31. The molecule has 0 aliphatic carbocycles. The number of benzene rings is 2. The van der Waals surface area contributed by atoms with Gasteiger partial charge >= 0.3 is 0 Å². The molecule has 7 nitrogen and oxygen atoms in total. The molecule has 0 aliphatic rings. The largest absolute Gasteiger partial charge is 0.423 e. The molecule has 26 heavy (non-hydrogen) atoms. The average molecular weight is 409 g/mol. The van der Waals surface area contributed by atoms with Crippen molar-refractivity contribution in [2.75, 3.05) is 4.72 Å². The van der Waals surface area contributed by atoms with Gasteiger partial charge in [0.1, 0.15) is 0 Å². The van der Waals surface area contributed by atoms with E-state index in [1.165, 1.54) is 18.5 Å². The zero-order valence-electron chi connectivity index (χ0n) is 12.9. The van der Waals surface area contributed by atoms with Gasteiger partial charge in [-0.25, -0.2) is 8.42 Å². The summed E-state index contributed by atoms with van der Waals surface area (Å²) < 4.78 is 33.3. The van der Waals surface area contributed by atoms with Gasteiger partial charge in [-0.05, 0) is 30.3 Å². The topological polar surface area (TPSA) is 101 Å². The number of sulfonamides is 1. The number of H-pyrrole nitrogens is 1. The number of aromatic amines is 1. The van der Waals surface area contributed by atoms with E-state index in [-0.39, 0.29) is 10.8 Å². The first-order chi connectivity index (χ1) is 12.5. The number of halogens is 2. The van der Waals surface area contributed by atoms with Crippen LogP contribution in [0.2, 0.25) is 10.0 Å². The summed E-state index contributed by atoms with van der Waals surface area (Å²) in [5.41, 5.74) is 1.33. The van der Waals surface area contributed by atoms with E-state index in [0.29, 0.717) is 32.2 Å². The SMILES string of the molecule is O=S(=O)(Nc1ccc(Cl)c2c(Cl)c[nH]c12)c1cccc(-c2nnco2)c1. The molecule has 0 aliphatic heterocycles. The minimum absolute atomic E-state index is 0.0500. The Bertz CT molecular complexity index is 1200. The second-order valence-electron chi connectivity index (χ2n) is 5.36. The lowest BCUT2D eigenvalue weighted by Gasteiger charge is -2.10. The van der Waals surface area contributed by atoms with Crippen LogP contribution in [0, 0.1) is 0 Å². The standard InChI is InChI=1S/C16H10Cl2N4O3S/c17-11-4-5-13(15-14(11)12(18)7-19-15)22-26(23,24)10-3-1-2-9(6-10)16-21-20-8-25-16/h1-8,19,22H. The molecule has 4 aromatic rings. The lowest BCUT2D eigenvalue weighted by molar-refractivity contribution is 0.568. The van der Waals surface area contributed by atoms with Crippen molar-refractivity contribution in [2.45, 2.75) is 4.90 Å². The van der Waals surface area contributed by atoms with Gasteiger partial charge in [0.05, 0.1) is 26.1 Å². The molecule has 10 heteroatoms. The maximum atomic E-state index is 12.8. The molecule has 0 amide bonds. The van der Waals surface area contributed by atoms with E-state index in [1.54, 1.807) is 30.5 Å². The lowest BCUT2D eigenvalue weighted by atomic mass is 10.2. The smallest absolute Gasteiger partial charge is 0.261 e. The first kappa shape index (κ1) is 16.9. The predicted octanol–water partition coefficient (Wildman–Crippen LogP) is 4.33. The molecule has 4 rings (SSSR count). The molecule has 0 unspecified atom stereocenters. The number of rotatable bonds is 4. The van der Waals surface area contributed by atoms with E-state index in [1.807, 2.05) is 0 Å². The number of hydrogen-bond donors (Lipinski definition) is 2. The number of nitrogens with zero attached hydrogens (tertiary/aromatic N) is 2. The fraction of sp³-hybridized carbons (Fsp3) is 0. The molecule has 0 fully saturated rings. The highest BCUT2D eigenvalue weighted by Crippen LogP contribution is 2.35. The summed E-state index contributed by atoms with van der Waals surface area (Å²) >= 11 is 12.2. The van der Waals surface area contributed by atoms with Crippen LogP contribution in [0.15, 0.2) is 58.3 Å². The van der Waals surface area contributed by atoms with Crippen molar-refractivity contribution in [3.63, 3.8) is 0 Å². The second-order valence-corrected chi connectivity index (χ2v) is 7.86. The van der Waals surface area contributed by atoms with Crippen LogP contribution < -0.4 is 4.72 Å². The van der Waals surface area contributed by atoms with E-state index in [0.717, 1.165) is 0 Å². The van der Waals surface area contributed by atoms with Gasteiger partial charge in [-0.15, -0.1) is 10.2 Å². The van der Waals surface area contributed by atoms with Gasteiger partial charge in [-0.2, -0.15) is 0 Å². The number of aromatic nitrogens is 3. The molecule has 0 atom stereocenters. The Hall–Kier alpha value is -2.55. The summed E-state index contributed by atoms with van der Waals surface area (Å²) in [5, 5.41) is 8.75. The molecular weight excluding hydrogens is 399 g/mol. The van der Waals surface area contributed by atoms with Crippen LogP contribution in [0.3, 0.4) is 0 Å². The Morgan fingerprint density at radius 3 is 2.73 bits per heavy atom. The molecule has 2 aromatic heterocycles. The van der Waals surface area contributed by atoms with Gasteiger partial charge in [0.2, 0.25) is 12.3 Å². The maximum absolute atomic E-state index is 12.8. The molecule has 0 saturated carbocycles. The fourth-order valence-corrected chi connectivity index (χ4v) is 4.23. The van der Waals surface area contributed by atoms with Crippen molar-refractivity contribution >= 4 is 49.8 Å². The van der Waals surface area contributed by atoms with Crippen molar-refractivity contribution < 1.29 is 12.8 Å². The van der Waals surface area contributed by atoms with E-state index in [9.17, 15) is 8.42 Å². The summed E-state index contributed by atoms with van der Waals surface area (Å²) in [7, 11) is -3.87. The zero-order chi connectivity index (χ0) is 18.3. The van der Waals surface area contributed by atoms with Crippen LogP contribution in [-0.4, -0.2) is 23.6 Å². The molecule has 0 radical (unpaired) electrons. The van der Waals surface area contributed by atoms with E-state index < -0.39 is 10.0 Å². The molecule has 132 valence electrons. The Morgan fingerprint density at radius 2 is 1.96 bits per heavy atom. The Morgan fingerprint density at radius 1 is 1.12 bits per heavy atom. The van der Waals surface area contributed by atoms with Crippen LogP contribution in [0.5, 0.6) is 0 Å². The Kier molecular flexibility index (Phi) is 4.10. The highest BCUT2D eigenvalue weighted by atomic mass is 35.5. The minimum atomic E-state index is -3.87. The summed E-state index contributed by atoms with van der Waals surface area (Å²) in [6, 6.07) is 9.34. The van der Waals surface area contributed by atoms with Crippen LogP contribution in [0.1, 0.15) is 0 Å². The van der Waals surface area contributed by atoms with E-state index in [2.05, 4.69) is 19.9 Å². The number of anilines is 1. The van der Waals surface area contributed by atoms with Gasteiger partial charge in [0.15, 0.2) is 0 Å². The van der Waals surface area contributed by atoms with Gasteiger partial charge in [-0.3, -0.25) is 4.72 Å². The number of fused-ring (bicyclic) bond motifs is 1. The molecule has 2 N–H and O–H groups in total. The summed E-state index contributed by atoms with van der Waals surface area (Å²) in [6.07, 6.45) is 2.72. The maximum Gasteiger partial charge on any atom is 0.261 e. The van der Waals surface area contributed by atoms with Crippen molar-refractivity contribution in [3.8, 4) is 11.5 Å². The number of nitrogens with one attached hydrogen (secondary N) is 2. The van der Waals surface area contributed by atoms with Crippen LogP contribution in [0.25, 0.3) is 22.4 Å². The molecule has 0 spiro atoms. The van der Waals surface area contributed by atoms with Crippen molar-refractivity contribution in [1.82, 2.24) is 15.2 Å². The molecular formula is C16H10Cl2N4O3S. The zero-order valence-corrected chi connectivity index (χ0v) is 15.2. The summed E-state index contributed by atoms with van der Waals surface area (Å²) in [4.78, 5) is 2.98. The quantitative estimate of drug-likeness (QED) is 0.523. The number of hydrogen-bond acceptors (Lipinski definition) is 5. The summed E-state index contributed by atoms with van der Waals surface area (Å²) in [5.74, 6) is 0.229. The first-order valence-corrected chi connectivity index (χ1v) is 9.54. The van der Waals surface area contributed by atoms with Gasteiger partial charge in [0, 0.05) is 17.1 Å². The average Bonchev–Trinajstić information content (AvgIpc) is 3.28. The van der Waals surface area contributed by atoms with E-state index in [4.69, 9.17) is 27.6 Å². The van der Waals surface area contributed by atoms with Gasteiger partial charge in [0.25, 0.3) is 10.0 Å². The highest BCUT2D eigenvalue weighted by Gasteiger charge is 2.19. The minimum Gasteiger partial charge on any atom is -0.423 e. The third-order valence-corrected chi connectivity index (χ3v) is 5.71. The van der Waals surface area contributed by atoms with Crippen molar-refractivity contribution in [3.05, 3.63) is 59.0 Å². The normalized spacial score (nSPS) is 11.8. The Labute approximate surface area is 158 Å². The summed E-state index contributed by atoms with van der Waals surface area (Å²) in [6.45, 7) is 0. The van der Waals surface area contributed by atoms with Crippen molar-refractivity contribution in [1.29, 1.82) is 0 Å². The van der Waals surface area contributed by atoms with Gasteiger partial charge in [-0.1, -0.05) is 29.3 Å². The first-order valence-electron chi connectivity index (χ1n) is 7.30. The van der Waals surface area contributed by atoms with E-state index >= 15 is 0 Å². The molecule has 2 aromatic carbocycles. The van der Waals surface area contributed by atoms with Crippen LogP contribution >= 0.6 is 23.2 Å². The van der Waals surface area contributed by atoms with Gasteiger partial charge < -0.3 is 9.40 Å². The molecule has 2 heterocycles. The van der Waals surface area contributed by atoms with Crippen LogP contribution in [0.4, 0.5) is 5.69 Å². The Balaban J connectivity index is 1.75. The molecule has 0 bridgehead atoms. The van der Waals surface area contributed by atoms with Crippen LogP contribution in [-0.2, 0) is 10.0 Å². The third-order valence-electron chi connectivity index (χ3n) is 3.73. The molecule has 0 saturated heterocycles.